The first-order valence-electron chi connectivity index (χ1n) is 21.0. The maximum atomic E-state index is 14.2. The molecule has 14 heteroatoms. The summed E-state index contributed by atoms with van der Waals surface area (Å²) < 4.78 is 20.5. The number of hydrogen-bond acceptors (Lipinski definition) is 11. The molecule has 0 aromatic carbocycles. The Morgan fingerprint density at radius 3 is 2.75 bits per heavy atom. The number of nitrogens with zero attached hydrogens (tertiary/aromatic N) is 1. The molecule has 5 aliphatic heterocycles. The number of allylic oxidation sites excluding steroid dienone is 1. The van der Waals surface area contributed by atoms with Crippen molar-refractivity contribution in [2.75, 3.05) is 51.4 Å². The Balaban J connectivity index is 1.24. The van der Waals surface area contributed by atoms with Gasteiger partial charge in [-0.05, 0) is 76.5 Å². The molecule has 2 aliphatic carbocycles. The molecule has 5 heterocycles. The Kier molecular flexibility index (Phi) is 13.0. The fraction of sp³-hybridized carbons (Fsp3) is 0.829. The molecular formula is C41H66N4O8S2+2. The highest BCUT2D eigenvalue weighted by molar-refractivity contribution is 8.76. The number of piperidine rings is 1. The first-order valence-corrected chi connectivity index (χ1v) is 23.5. The highest BCUT2D eigenvalue weighted by atomic mass is 33.1. The van der Waals surface area contributed by atoms with Crippen LogP contribution in [0.5, 0.6) is 0 Å². The molecule has 12 nitrogen and oxygen atoms in total. The number of aliphatic hydroxyl groups excluding tert-OH is 2. The summed E-state index contributed by atoms with van der Waals surface area (Å²) in [5, 5.41) is 23.9. The van der Waals surface area contributed by atoms with E-state index in [2.05, 4.69) is 35.6 Å². The molecule has 55 heavy (non-hydrogen) atoms. The molecule has 7 rings (SSSR count). The maximum Gasteiger partial charge on any atom is 0.334 e. The van der Waals surface area contributed by atoms with Gasteiger partial charge in [-0.2, -0.15) is 0 Å². The number of nitrogens with two attached hydrogens (primary N) is 3. The maximum absolute atomic E-state index is 14.2. The van der Waals surface area contributed by atoms with E-state index in [-0.39, 0.29) is 96.9 Å². The molecule has 8 N–H and O–H groups in total. The van der Waals surface area contributed by atoms with E-state index < -0.39 is 11.2 Å². The van der Waals surface area contributed by atoms with E-state index in [4.69, 9.17) is 19.9 Å². The largest absolute Gasteiger partial charge is 0.462 e. The number of fused-ring (bicyclic) bond motifs is 7. The second kappa shape index (κ2) is 17.3. The summed E-state index contributed by atoms with van der Waals surface area (Å²) >= 11 is 0. The van der Waals surface area contributed by atoms with Crippen molar-refractivity contribution in [1.82, 2.24) is 4.90 Å². The minimum atomic E-state index is -0.982. The van der Waals surface area contributed by atoms with Crippen molar-refractivity contribution < 1.29 is 49.4 Å². The van der Waals surface area contributed by atoms with Crippen LogP contribution < -0.4 is 16.4 Å². The van der Waals surface area contributed by atoms with Gasteiger partial charge in [-0.25, -0.2) is 4.79 Å². The van der Waals surface area contributed by atoms with Crippen LogP contribution in [0.2, 0.25) is 0 Å². The van der Waals surface area contributed by atoms with E-state index in [0.717, 1.165) is 44.0 Å². The number of esters is 2. The third kappa shape index (κ3) is 8.06. The lowest BCUT2D eigenvalue weighted by atomic mass is 9.56. The molecule has 5 saturated heterocycles. The summed E-state index contributed by atoms with van der Waals surface area (Å²) in [6.07, 6.45) is 9.12. The predicted molar refractivity (Wildman–Crippen MR) is 211 cm³/mol. The zero-order chi connectivity index (χ0) is 39.1. The summed E-state index contributed by atoms with van der Waals surface area (Å²) in [5.74, 6) is 1.82. The van der Waals surface area contributed by atoms with E-state index in [1.165, 1.54) is 5.57 Å². The van der Waals surface area contributed by atoms with E-state index in [0.29, 0.717) is 56.4 Å². The van der Waals surface area contributed by atoms with Crippen LogP contribution in [0, 0.1) is 47.3 Å². The monoisotopic (exact) mass is 806 g/mol. The molecule has 7 aliphatic rings. The number of carbonyl (C=O) groups is 3. The average Bonchev–Trinajstić information content (AvgIpc) is 3.52. The molecule has 6 fully saturated rings. The highest BCUT2D eigenvalue weighted by Gasteiger charge is 2.68. The van der Waals surface area contributed by atoms with Crippen molar-refractivity contribution in [1.29, 1.82) is 0 Å². The molecular weight excluding hydrogens is 741 g/mol. The minimum absolute atomic E-state index is 0.0239. The molecule has 308 valence electrons. The van der Waals surface area contributed by atoms with E-state index in [1.54, 1.807) is 13.0 Å². The molecule has 14 unspecified atom stereocenters. The predicted octanol–water partition coefficient (Wildman–Crippen LogP) is 1.36. The van der Waals surface area contributed by atoms with Crippen LogP contribution >= 0.6 is 21.6 Å². The summed E-state index contributed by atoms with van der Waals surface area (Å²) in [6, 6.07) is 0.261. The molecule has 0 aromatic rings. The van der Waals surface area contributed by atoms with Crippen molar-refractivity contribution in [3.05, 3.63) is 23.3 Å². The van der Waals surface area contributed by atoms with Gasteiger partial charge in [0.05, 0.1) is 38.2 Å². The van der Waals surface area contributed by atoms with E-state index in [1.807, 2.05) is 28.5 Å². The van der Waals surface area contributed by atoms with E-state index >= 15 is 0 Å². The summed E-state index contributed by atoms with van der Waals surface area (Å²) in [5.41, 5.74) is 6.83. The molecule has 1 saturated carbocycles. The fourth-order valence-electron chi connectivity index (χ4n) is 11.6. The number of hydrogen-bond donors (Lipinski definition) is 5. The zero-order valence-electron chi connectivity index (χ0n) is 33.2. The third-order valence-corrected chi connectivity index (χ3v) is 17.2. The standard InChI is InChI=1S/C41H64N4O8S2/c1-5-23(2)38(49)53-40(3)8-6-25-21-54-55-22-32-30(17-43-4)19-45(32)36(48)13-29-18-44-35(42)14-31(29)37(25)41(40)16-28-12-26-11-27(10-24(20-47)7-9-46)39(50)51-33(26)15-34(28)52-41/h5-6,24,26-35,37,43-44,46-47H,7-22,42H2,1-4H3/p+2. The van der Waals surface area contributed by atoms with Crippen LogP contribution in [0.4, 0.5) is 0 Å². The van der Waals surface area contributed by atoms with Gasteiger partial charge in [0.1, 0.15) is 23.5 Å². The number of quaternary nitrogens is 2. The van der Waals surface area contributed by atoms with Crippen LogP contribution in [0.1, 0.15) is 78.6 Å². The Hall–Kier alpha value is -1.65. The SMILES string of the molecule is CC=C(C)C(=O)OC1(C)CC=C2CSSCC3C(C[NH2+]C)CN3C(=O)CC3C[NH2+]C(N)CC3C2C12CC1CC3CC(CC(CO)CCO)C(=O)OC3CC1O2. The zero-order valence-corrected chi connectivity index (χ0v) is 34.9. The van der Waals surface area contributed by atoms with Gasteiger partial charge < -0.3 is 40.0 Å². The van der Waals surface area contributed by atoms with Crippen molar-refractivity contribution in [3.8, 4) is 0 Å². The summed E-state index contributed by atoms with van der Waals surface area (Å²) in [7, 11) is 5.84. The fourth-order valence-corrected chi connectivity index (χ4v) is 14.2. The van der Waals surface area contributed by atoms with Crippen LogP contribution in [-0.2, 0) is 28.6 Å². The van der Waals surface area contributed by atoms with Gasteiger partial charge in [0.15, 0.2) is 0 Å². The first-order chi connectivity index (χ1) is 26.4. The molecule has 0 bridgehead atoms. The van der Waals surface area contributed by atoms with Gasteiger partial charge in [-0.1, -0.05) is 39.3 Å². The minimum Gasteiger partial charge on any atom is -0.462 e. The average molecular weight is 807 g/mol. The van der Waals surface area contributed by atoms with Crippen LogP contribution in [0.15, 0.2) is 23.3 Å². The van der Waals surface area contributed by atoms with Gasteiger partial charge >= 0.3 is 11.9 Å². The topological polar surface area (TPSA) is 182 Å². The summed E-state index contributed by atoms with van der Waals surface area (Å²) in [6.45, 7) is 8.24. The number of ether oxygens (including phenoxy) is 3. The van der Waals surface area contributed by atoms with Crippen molar-refractivity contribution in [2.24, 2.45) is 53.1 Å². The van der Waals surface area contributed by atoms with Gasteiger partial charge in [0, 0.05) is 80.3 Å². The number of carbonyl (C=O) groups excluding carboxylic acids is 3. The quantitative estimate of drug-likeness (QED) is 0.0983. The third-order valence-electron chi connectivity index (χ3n) is 14.8. The van der Waals surface area contributed by atoms with E-state index in [9.17, 15) is 24.6 Å². The Labute approximate surface area is 334 Å². The second-order valence-corrected chi connectivity index (χ2v) is 20.6. The van der Waals surface area contributed by atoms with Gasteiger partial charge in [0.25, 0.3) is 0 Å². The lowest BCUT2D eigenvalue weighted by Gasteiger charge is -2.56. The van der Waals surface area contributed by atoms with Crippen molar-refractivity contribution in [2.45, 2.75) is 114 Å². The lowest BCUT2D eigenvalue weighted by Crippen LogP contribution is -2.96. The molecule has 1 amide bonds. The Morgan fingerprint density at radius 1 is 1.18 bits per heavy atom. The van der Waals surface area contributed by atoms with Gasteiger partial charge in [-0.3, -0.25) is 15.3 Å². The lowest BCUT2D eigenvalue weighted by molar-refractivity contribution is -0.706. The number of amides is 1. The smallest absolute Gasteiger partial charge is 0.334 e. The van der Waals surface area contributed by atoms with Crippen LogP contribution in [0.25, 0.3) is 0 Å². The highest BCUT2D eigenvalue weighted by Crippen LogP contribution is 2.62. The normalized spacial score (nSPS) is 42.5. The Morgan fingerprint density at radius 2 is 2.00 bits per heavy atom. The van der Waals surface area contributed by atoms with Crippen molar-refractivity contribution >= 4 is 39.4 Å². The molecule has 1 spiro atoms. The number of rotatable bonds is 9. The van der Waals surface area contributed by atoms with Gasteiger partial charge in [0.2, 0.25) is 5.91 Å². The summed E-state index contributed by atoms with van der Waals surface area (Å²) in [4.78, 5) is 43.5. The molecule has 0 radical (unpaired) electrons. The second-order valence-electron chi connectivity index (χ2n) is 18.1. The number of aliphatic hydroxyl groups is 2. The first kappa shape index (κ1) is 41.5. The van der Waals surface area contributed by atoms with Gasteiger partial charge in [-0.15, -0.1) is 0 Å². The van der Waals surface area contributed by atoms with Crippen molar-refractivity contribution in [3.63, 3.8) is 0 Å². The van der Waals surface area contributed by atoms with Crippen LogP contribution in [-0.4, -0.2) is 120 Å². The Bertz CT molecular complexity index is 1500. The molecule has 0 aromatic heterocycles. The molecule has 14 atom stereocenters. The van der Waals surface area contributed by atoms with Crippen LogP contribution in [0.3, 0.4) is 0 Å².